The van der Waals surface area contributed by atoms with Gasteiger partial charge in [0.05, 0.1) is 5.56 Å². The number of nitrogens with zero attached hydrogens (tertiary/aromatic N) is 1. The van der Waals surface area contributed by atoms with Gasteiger partial charge in [-0.05, 0) is 36.1 Å². The standard InChI is InChI=1S/C14H13NO2/c16-10-13-5-1-4-12(14(13)17)7-6-11-3-2-8-15-9-11/h1-5,8-10,17H,6-7H2. The average molecular weight is 227 g/mol. The van der Waals surface area contributed by atoms with Gasteiger partial charge in [0.1, 0.15) is 5.75 Å². The molecule has 1 N–H and O–H groups in total. The lowest BCUT2D eigenvalue weighted by molar-refractivity contribution is 0.112. The fraction of sp³-hybridized carbons (Fsp3) is 0.143. The molecule has 2 aromatic rings. The Morgan fingerprint density at radius 3 is 2.76 bits per heavy atom. The molecule has 0 amide bonds. The first-order chi connectivity index (χ1) is 8.31. The first kappa shape index (κ1) is 11.3. The lowest BCUT2D eigenvalue weighted by Crippen LogP contribution is -1.94. The number of hydrogen-bond donors (Lipinski definition) is 1. The molecule has 1 heterocycles. The number of benzene rings is 1. The molecule has 1 aromatic carbocycles. The number of aryl methyl sites for hydroxylation is 2. The molecule has 1 aromatic heterocycles. The van der Waals surface area contributed by atoms with Gasteiger partial charge in [0.2, 0.25) is 0 Å². The Bertz CT molecular complexity index is 509. The number of hydrogen-bond acceptors (Lipinski definition) is 3. The van der Waals surface area contributed by atoms with Crippen molar-refractivity contribution in [2.45, 2.75) is 12.8 Å². The SMILES string of the molecule is O=Cc1cccc(CCc2cccnc2)c1O. The number of aromatic hydroxyl groups is 1. The van der Waals surface area contributed by atoms with Gasteiger partial charge in [0.25, 0.3) is 0 Å². The monoisotopic (exact) mass is 227 g/mol. The summed E-state index contributed by atoms with van der Waals surface area (Å²) in [7, 11) is 0. The first-order valence-corrected chi connectivity index (χ1v) is 5.46. The fourth-order valence-electron chi connectivity index (χ4n) is 1.73. The number of rotatable bonds is 4. The molecule has 0 aliphatic heterocycles. The van der Waals surface area contributed by atoms with Crippen LogP contribution in [0.5, 0.6) is 5.75 Å². The maximum atomic E-state index is 10.7. The van der Waals surface area contributed by atoms with Gasteiger partial charge in [-0.15, -0.1) is 0 Å². The van der Waals surface area contributed by atoms with Gasteiger partial charge in [0, 0.05) is 12.4 Å². The van der Waals surface area contributed by atoms with Gasteiger partial charge >= 0.3 is 0 Å². The summed E-state index contributed by atoms with van der Waals surface area (Å²) in [4.78, 5) is 14.7. The molecule has 0 atom stereocenters. The van der Waals surface area contributed by atoms with Crippen LogP contribution in [0.25, 0.3) is 0 Å². The summed E-state index contributed by atoms with van der Waals surface area (Å²) in [5.41, 5.74) is 2.25. The number of carbonyl (C=O) groups is 1. The van der Waals surface area contributed by atoms with Crippen LogP contribution in [-0.4, -0.2) is 16.4 Å². The Hall–Kier alpha value is -2.16. The van der Waals surface area contributed by atoms with Crippen molar-refractivity contribution in [1.82, 2.24) is 4.98 Å². The van der Waals surface area contributed by atoms with Crippen LogP contribution in [0.3, 0.4) is 0 Å². The molecule has 17 heavy (non-hydrogen) atoms. The van der Waals surface area contributed by atoms with E-state index >= 15 is 0 Å². The van der Waals surface area contributed by atoms with Crippen molar-refractivity contribution in [1.29, 1.82) is 0 Å². The molecule has 3 heteroatoms. The molecule has 0 aliphatic carbocycles. The fourth-order valence-corrected chi connectivity index (χ4v) is 1.73. The number of aromatic nitrogens is 1. The number of phenolic OH excluding ortho intramolecular Hbond substituents is 1. The topological polar surface area (TPSA) is 50.2 Å². The number of pyridine rings is 1. The van der Waals surface area contributed by atoms with E-state index in [1.54, 1.807) is 24.5 Å². The number of carbonyl (C=O) groups excluding carboxylic acids is 1. The van der Waals surface area contributed by atoms with E-state index in [4.69, 9.17) is 0 Å². The molecule has 3 nitrogen and oxygen atoms in total. The lowest BCUT2D eigenvalue weighted by Gasteiger charge is -2.06. The Labute approximate surface area is 99.8 Å². The molecular formula is C14H13NO2. The zero-order valence-electron chi connectivity index (χ0n) is 9.34. The summed E-state index contributed by atoms with van der Waals surface area (Å²) in [6.07, 6.45) is 5.69. The van der Waals surface area contributed by atoms with E-state index in [-0.39, 0.29) is 5.75 Å². The third-order valence-corrected chi connectivity index (χ3v) is 2.68. The average Bonchev–Trinajstić information content (AvgIpc) is 2.39. The van der Waals surface area contributed by atoms with Gasteiger partial charge in [-0.3, -0.25) is 9.78 Å². The molecule has 0 aliphatic rings. The van der Waals surface area contributed by atoms with E-state index in [9.17, 15) is 9.90 Å². The minimum Gasteiger partial charge on any atom is -0.507 e. The van der Waals surface area contributed by atoms with Crippen molar-refractivity contribution < 1.29 is 9.90 Å². The largest absolute Gasteiger partial charge is 0.507 e. The predicted octanol–water partition coefficient (Wildman–Crippen LogP) is 2.38. The quantitative estimate of drug-likeness (QED) is 0.816. The predicted molar refractivity (Wildman–Crippen MR) is 65.1 cm³/mol. The van der Waals surface area contributed by atoms with E-state index < -0.39 is 0 Å². The van der Waals surface area contributed by atoms with E-state index in [0.717, 1.165) is 17.5 Å². The van der Waals surface area contributed by atoms with Gasteiger partial charge in [-0.1, -0.05) is 18.2 Å². The summed E-state index contributed by atoms with van der Waals surface area (Å²) >= 11 is 0. The molecule has 2 rings (SSSR count). The van der Waals surface area contributed by atoms with Crippen molar-refractivity contribution in [2.24, 2.45) is 0 Å². The highest BCUT2D eigenvalue weighted by atomic mass is 16.3. The maximum Gasteiger partial charge on any atom is 0.153 e. The second-order valence-corrected chi connectivity index (χ2v) is 3.83. The summed E-state index contributed by atoms with van der Waals surface area (Å²) in [5.74, 6) is 0.0893. The van der Waals surface area contributed by atoms with Crippen LogP contribution in [0.4, 0.5) is 0 Å². The summed E-state index contributed by atoms with van der Waals surface area (Å²) in [6, 6.07) is 9.10. The van der Waals surface area contributed by atoms with Crippen LogP contribution in [0, 0.1) is 0 Å². The third kappa shape index (κ3) is 2.69. The van der Waals surface area contributed by atoms with Crippen LogP contribution in [-0.2, 0) is 12.8 Å². The molecular weight excluding hydrogens is 214 g/mol. The molecule has 0 saturated carbocycles. The van der Waals surface area contributed by atoms with Gasteiger partial charge < -0.3 is 5.11 Å². The minimum atomic E-state index is 0.0893. The second kappa shape index (κ2) is 5.25. The normalized spacial score (nSPS) is 10.1. The Kier molecular flexibility index (Phi) is 3.50. The zero-order chi connectivity index (χ0) is 12.1. The molecule has 86 valence electrons. The molecule has 0 fully saturated rings. The van der Waals surface area contributed by atoms with Crippen LogP contribution < -0.4 is 0 Å². The molecule has 0 radical (unpaired) electrons. The van der Waals surface area contributed by atoms with Crippen molar-refractivity contribution in [3.8, 4) is 5.75 Å². The smallest absolute Gasteiger partial charge is 0.153 e. The Morgan fingerprint density at radius 2 is 2.06 bits per heavy atom. The van der Waals surface area contributed by atoms with Crippen molar-refractivity contribution >= 4 is 6.29 Å². The first-order valence-electron chi connectivity index (χ1n) is 5.46. The minimum absolute atomic E-state index is 0.0893. The Balaban J connectivity index is 2.12. The number of phenols is 1. The molecule has 0 unspecified atom stereocenters. The zero-order valence-corrected chi connectivity index (χ0v) is 9.34. The summed E-state index contributed by atoms with van der Waals surface area (Å²) in [5, 5.41) is 9.82. The van der Waals surface area contributed by atoms with Crippen molar-refractivity contribution in [3.63, 3.8) is 0 Å². The van der Waals surface area contributed by atoms with Crippen LogP contribution in [0.1, 0.15) is 21.5 Å². The summed E-state index contributed by atoms with van der Waals surface area (Å²) < 4.78 is 0. The third-order valence-electron chi connectivity index (χ3n) is 2.68. The van der Waals surface area contributed by atoms with Gasteiger partial charge in [-0.2, -0.15) is 0 Å². The maximum absolute atomic E-state index is 10.7. The lowest BCUT2D eigenvalue weighted by atomic mass is 10.0. The van der Waals surface area contributed by atoms with E-state index in [1.165, 1.54) is 0 Å². The number of para-hydroxylation sites is 1. The van der Waals surface area contributed by atoms with Crippen LogP contribution in [0.2, 0.25) is 0 Å². The highest BCUT2D eigenvalue weighted by molar-refractivity contribution is 5.79. The highest BCUT2D eigenvalue weighted by Crippen LogP contribution is 2.22. The van der Waals surface area contributed by atoms with Crippen LogP contribution >= 0.6 is 0 Å². The van der Waals surface area contributed by atoms with Crippen molar-refractivity contribution in [2.75, 3.05) is 0 Å². The highest BCUT2D eigenvalue weighted by Gasteiger charge is 2.06. The molecule has 0 bridgehead atoms. The van der Waals surface area contributed by atoms with E-state index in [1.807, 2.05) is 18.2 Å². The van der Waals surface area contributed by atoms with Gasteiger partial charge in [0.15, 0.2) is 6.29 Å². The van der Waals surface area contributed by atoms with Crippen LogP contribution in [0.15, 0.2) is 42.7 Å². The van der Waals surface area contributed by atoms with Gasteiger partial charge in [-0.25, -0.2) is 0 Å². The van der Waals surface area contributed by atoms with E-state index in [0.29, 0.717) is 18.3 Å². The van der Waals surface area contributed by atoms with Crippen molar-refractivity contribution in [3.05, 3.63) is 59.4 Å². The Morgan fingerprint density at radius 1 is 1.18 bits per heavy atom. The second-order valence-electron chi connectivity index (χ2n) is 3.83. The summed E-state index contributed by atoms with van der Waals surface area (Å²) in [6.45, 7) is 0. The number of aldehydes is 1. The molecule has 0 spiro atoms. The molecule has 0 saturated heterocycles. The van der Waals surface area contributed by atoms with E-state index in [2.05, 4.69) is 4.98 Å².